The van der Waals surface area contributed by atoms with E-state index in [-0.39, 0.29) is 26.1 Å². The van der Waals surface area contributed by atoms with Crippen LogP contribution < -0.4 is 0 Å². The fourth-order valence-corrected chi connectivity index (χ4v) is 0.830. The molecule has 86 valence electrons. The topological polar surface area (TPSA) is 89.9 Å². The van der Waals surface area contributed by atoms with Gasteiger partial charge in [-0.3, -0.25) is 14.4 Å². The van der Waals surface area contributed by atoms with Crippen molar-refractivity contribution >= 4 is 18.4 Å². The molecule has 0 rings (SSSR count). The van der Waals surface area contributed by atoms with E-state index in [1.165, 1.54) is 0 Å². The van der Waals surface area contributed by atoms with Gasteiger partial charge in [0.15, 0.2) is 0 Å². The molecule has 1 N–H and O–H groups in total. The van der Waals surface area contributed by atoms with Crippen molar-refractivity contribution in [2.24, 2.45) is 0 Å². The molecule has 0 aromatic carbocycles. The number of carbonyl (C=O) groups excluding carboxylic acids is 2. The highest BCUT2D eigenvalue weighted by Crippen LogP contribution is 1.96. The van der Waals surface area contributed by atoms with Crippen LogP contribution in [0.3, 0.4) is 0 Å². The van der Waals surface area contributed by atoms with E-state index in [9.17, 15) is 14.4 Å². The van der Waals surface area contributed by atoms with Gasteiger partial charge in [-0.25, -0.2) is 0 Å². The van der Waals surface area contributed by atoms with Crippen LogP contribution in [0, 0.1) is 0 Å². The molecule has 0 spiro atoms. The first-order valence-corrected chi connectivity index (χ1v) is 4.59. The molecule has 0 atom stereocenters. The zero-order valence-corrected chi connectivity index (χ0v) is 8.31. The van der Waals surface area contributed by atoms with Gasteiger partial charge in [0, 0.05) is 12.8 Å². The first kappa shape index (κ1) is 13.4. The molecule has 0 saturated carbocycles. The number of carboxylic acids is 1. The lowest BCUT2D eigenvalue weighted by Crippen LogP contribution is -2.08. The Bertz CT molecular complexity index is 213. The van der Waals surface area contributed by atoms with Crippen LogP contribution in [0.15, 0.2) is 0 Å². The van der Waals surface area contributed by atoms with Gasteiger partial charge in [0.25, 0.3) is 6.47 Å². The van der Waals surface area contributed by atoms with E-state index in [4.69, 9.17) is 9.84 Å². The summed E-state index contributed by atoms with van der Waals surface area (Å²) in [6, 6.07) is 0. The number of aliphatic carboxylic acids is 1. The minimum Gasteiger partial charge on any atom is -0.481 e. The molecule has 0 aromatic rings. The summed E-state index contributed by atoms with van der Waals surface area (Å²) in [5.74, 6) is -1.32. The van der Waals surface area contributed by atoms with Crippen molar-refractivity contribution in [2.45, 2.75) is 25.7 Å². The molecular formula is C9H14O6. The third kappa shape index (κ3) is 10.3. The standard InChI is InChI=1S/C9H14O6/c10-7-14-5-2-4-9(13)15-6-1-3-8(11)12/h7H,1-6H2,(H,11,12). The maximum atomic E-state index is 10.9. The minimum atomic E-state index is -0.912. The Morgan fingerprint density at radius 3 is 2.40 bits per heavy atom. The molecule has 0 bridgehead atoms. The van der Waals surface area contributed by atoms with Crippen LogP contribution in [0.5, 0.6) is 0 Å². The number of rotatable bonds is 9. The molecule has 0 unspecified atom stereocenters. The Morgan fingerprint density at radius 2 is 1.80 bits per heavy atom. The molecular weight excluding hydrogens is 204 g/mol. The predicted octanol–water partition coefficient (Wildman–Crippen LogP) is 0.348. The zero-order valence-electron chi connectivity index (χ0n) is 8.31. The summed E-state index contributed by atoms with van der Waals surface area (Å²) in [5.41, 5.74) is 0. The molecule has 0 heterocycles. The number of esters is 1. The third-order valence-electron chi connectivity index (χ3n) is 1.51. The lowest BCUT2D eigenvalue weighted by Gasteiger charge is -2.02. The van der Waals surface area contributed by atoms with Gasteiger partial charge in [-0.05, 0) is 12.8 Å². The van der Waals surface area contributed by atoms with Gasteiger partial charge in [0.05, 0.1) is 13.2 Å². The average molecular weight is 218 g/mol. The second-order valence-corrected chi connectivity index (χ2v) is 2.79. The summed E-state index contributed by atoms with van der Waals surface area (Å²) in [4.78, 5) is 30.8. The summed E-state index contributed by atoms with van der Waals surface area (Å²) in [6.07, 6.45) is 0.880. The average Bonchev–Trinajstić information content (AvgIpc) is 2.19. The monoisotopic (exact) mass is 218 g/mol. The maximum absolute atomic E-state index is 10.9. The van der Waals surface area contributed by atoms with Crippen LogP contribution in [-0.4, -0.2) is 36.7 Å². The van der Waals surface area contributed by atoms with E-state index >= 15 is 0 Å². The van der Waals surface area contributed by atoms with Crippen molar-refractivity contribution in [3.05, 3.63) is 0 Å². The summed E-state index contributed by atoms with van der Waals surface area (Å²) < 4.78 is 9.10. The van der Waals surface area contributed by atoms with Crippen LogP contribution in [-0.2, 0) is 23.9 Å². The second kappa shape index (κ2) is 8.98. The number of carboxylic acid groups (broad SMARTS) is 1. The largest absolute Gasteiger partial charge is 0.481 e. The van der Waals surface area contributed by atoms with E-state index in [1.807, 2.05) is 0 Å². The fourth-order valence-electron chi connectivity index (χ4n) is 0.830. The molecule has 0 radical (unpaired) electrons. The molecule has 6 heteroatoms. The summed E-state index contributed by atoms with van der Waals surface area (Å²) in [5, 5.41) is 8.29. The van der Waals surface area contributed by atoms with Crippen molar-refractivity contribution in [3.8, 4) is 0 Å². The highest BCUT2D eigenvalue weighted by molar-refractivity contribution is 5.69. The van der Waals surface area contributed by atoms with E-state index in [0.717, 1.165) is 0 Å². The Balaban J connectivity index is 3.25. The first-order valence-electron chi connectivity index (χ1n) is 4.59. The van der Waals surface area contributed by atoms with Crippen LogP contribution in [0.25, 0.3) is 0 Å². The lowest BCUT2D eigenvalue weighted by molar-refractivity contribution is -0.146. The molecule has 0 fully saturated rings. The molecule has 0 aliphatic heterocycles. The van der Waals surface area contributed by atoms with Gasteiger partial charge in [-0.1, -0.05) is 0 Å². The van der Waals surface area contributed by atoms with Gasteiger partial charge >= 0.3 is 11.9 Å². The van der Waals surface area contributed by atoms with Gasteiger partial charge in [0.2, 0.25) is 0 Å². The third-order valence-corrected chi connectivity index (χ3v) is 1.51. The highest BCUT2D eigenvalue weighted by atomic mass is 16.5. The number of hydrogen-bond acceptors (Lipinski definition) is 5. The van der Waals surface area contributed by atoms with Crippen LogP contribution in [0.4, 0.5) is 0 Å². The van der Waals surface area contributed by atoms with Crippen molar-refractivity contribution < 1.29 is 29.0 Å². The zero-order chi connectivity index (χ0) is 11.5. The van der Waals surface area contributed by atoms with Gasteiger partial charge in [0.1, 0.15) is 0 Å². The van der Waals surface area contributed by atoms with E-state index in [2.05, 4.69) is 4.74 Å². The molecule has 0 amide bonds. The molecule has 15 heavy (non-hydrogen) atoms. The molecule has 0 aliphatic carbocycles. The summed E-state index contributed by atoms with van der Waals surface area (Å²) >= 11 is 0. The predicted molar refractivity (Wildman–Crippen MR) is 49.1 cm³/mol. The fraction of sp³-hybridized carbons (Fsp3) is 0.667. The normalized spacial score (nSPS) is 9.33. The Morgan fingerprint density at radius 1 is 1.13 bits per heavy atom. The highest BCUT2D eigenvalue weighted by Gasteiger charge is 2.03. The lowest BCUT2D eigenvalue weighted by atomic mass is 10.3. The quantitative estimate of drug-likeness (QED) is 0.341. The Hall–Kier alpha value is -1.59. The number of ether oxygens (including phenoxy) is 2. The molecule has 6 nitrogen and oxygen atoms in total. The number of hydrogen-bond donors (Lipinski definition) is 1. The second-order valence-electron chi connectivity index (χ2n) is 2.79. The molecule has 0 aliphatic rings. The van der Waals surface area contributed by atoms with E-state index in [0.29, 0.717) is 19.3 Å². The van der Waals surface area contributed by atoms with Crippen molar-refractivity contribution in [3.63, 3.8) is 0 Å². The van der Waals surface area contributed by atoms with Crippen LogP contribution in [0.1, 0.15) is 25.7 Å². The Labute approximate surface area is 87.2 Å². The Kier molecular flexibility index (Phi) is 8.03. The van der Waals surface area contributed by atoms with E-state index < -0.39 is 11.9 Å². The van der Waals surface area contributed by atoms with Crippen molar-refractivity contribution in [2.75, 3.05) is 13.2 Å². The van der Waals surface area contributed by atoms with Gasteiger partial charge in [-0.15, -0.1) is 0 Å². The van der Waals surface area contributed by atoms with Crippen molar-refractivity contribution in [1.29, 1.82) is 0 Å². The smallest absolute Gasteiger partial charge is 0.305 e. The van der Waals surface area contributed by atoms with Crippen LogP contribution >= 0.6 is 0 Å². The van der Waals surface area contributed by atoms with Crippen LogP contribution in [0.2, 0.25) is 0 Å². The van der Waals surface area contributed by atoms with E-state index in [1.54, 1.807) is 0 Å². The molecule has 0 aromatic heterocycles. The van der Waals surface area contributed by atoms with Gasteiger partial charge < -0.3 is 14.6 Å². The maximum Gasteiger partial charge on any atom is 0.305 e. The summed E-state index contributed by atoms with van der Waals surface area (Å²) in [7, 11) is 0. The van der Waals surface area contributed by atoms with Gasteiger partial charge in [-0.2, -0.15) is 0 Å². The minimum absolute atomic E-state index is 0.0124. The number of carbonyl (C=O) groups is 3. The first-order chi connectivity index (χ1) is 7.16. The SMILES string of the molecule is O=COCCCC(=O)OCCCC(=O)O. The van der Waals surface area contributed by atoms with Crippen molar-refractivity contribution in [1.82, 2.24) is 0 Å². The summed E-state index contributed by atoms with van der Waals surface area (Å²) in [6.45, 7) is 0.617. The molecule has 0 saturated heterocycles.